The highest BCUT2D eigenvalue weighted by Gasteiger charge is 2.56. The predicted molar refractivity (Wildman–Crippen MR) is 46.5 cm³/mol. The van der Waals surface area contributed by atoms with Crippen LogP contribution < -0.4 is 0 Å². The molecule has 18 heavy (non-hydrogen) atoms. The van der Waals surface area contributed by atoms with Crippen molar-refractivity contribution in [3.63, 3.8) is 0 Å². The molecule has 2 heterocycles. The molecule has 2 aliphatic heterocycles. The van der Waals surface area contributed by atoms with Crippen molar-refractivity contribution in [2.75, 3.05) is 6.61 Å². The van der Waals surface area contributed by atoms with Gasteiger partial charge in [-0.1, -0.05) is 0 Å². The van der Waals surface area contributed by atoms with E-state index >= 15 is 0 Å². The molecule has 2 saturated heterocycles. The van der Waals surface area contributed by atoms with Crippen molar-refractivity contribution in [1.82, 2.24) is 0 Å². The minimum absolute atomic E-state index is 0.172. The molecule has 0 unspecified atom stereocenters. The summed E-state index contributed by atoms with van der Waals surface area (Å²) in [6.07, 6.45) is -7.79. The number of hydrogen-bond donors (Lipinski definition) is 2. The summed E-state index contributed by atoms with van der Waals surface area (Å²) in [5.74, 6) is 0. The van der Waals surface area contributed by atoms with Gasteiger partial charge in [-0.05, 0) is 0 Å². The highest BCUT2D eigenvalue weighted by Crippen LogP contribution is 2.34. The largest absolute Gasteiger partial charge is 0.523 e. The smallest absolute Gasteiger partial charge is 0.387 e. The topological polar surface area (TPSA) is 102 Å². The Morgan fingerprint density at radius 1 is 1.22 bits per heavy atom. The van der Waals surface area contributed by atoms with Crippen LogP contribution in [0.15, 0.2) is 0 Å². The number of ether oxygens (including phenoxy) is 2. The zero-order chi connectivity index (χ0) is 13.7. The maximum absolute atomic E-state index is 12.1. The van der Waals surface area contributed by atoms with Gasteiger partial charge in [0.25, 0.3) is 0 Å². The first-order chi connectivity index (χ1) is 8.13. The van der Waals surface area contributed by atoms with E-state index in [4.69, 9.17) is 9.47 Å². The maximum Gasteiger partial charge on any atom is 0.523 e. The van der Waals surface area contributed by atoms with Crippen LogP contribution in [0, 0.1) is 0 Å². The summed E-state index contributed by atoms with van der Waals surface area (Å²) >= 11 is 0. The molecule has 0 aliphatic carbocycles. The van der Waals surface area contributed by atoms with Gasteiger partial charge >= 0.3 is 15.6 Å². The van der Waals surface area contributed by atoms with Gasteiger partial charge in [0.05, 0.1) is 6.61 Å². The third kappa shape index (κ3) is 2.21. The fourth-order valence-corrected chi connectivity index (χ4v) is 2.28. The number of rotatable bonds is 2. The Bertz CT molecular complexity index is 421. The number of aliphatic hydroxyl groups excluding tert-OH is 2. The molecule has 7 nitrogen and oxygen atoms in total. The Hall–Kier alpha value is -0.460. The molecule has 106 valence electrons. The minimum atomic E-state index is -5.91. The molecular formula is C7H9F3O7S. The van der Waals surface area contributed by atoms with E-state index in [1.807, 2.05) is 0 Å². The number of aliphatic hydroxyl groups is 2. The predicted octanol–water partition coefficient (Wildman–Crippen LogP) is -1.30. The maximum atomic E-state index is 12.1. The summed E-state index contributed by atoms with van der Waals surface area (Å²) < 4.78 is 71.4. The fraction of sp³-hybridized carbons (Fsp3) is 1.00. The van der Waals surface area contributed by atoms with Gasteiger partial charge in [0.15, 0.2) is 12.4 Å². The molecule has 0 radical (unpaired) electrons. The van der Waals surface area contributed by atoms with Gasteiger partial charge in [-0.15, -0.1) is 0 Å². The third-order valence-electron chi connectivity index (χ3n) is 2.59. The van der Waals surface area contributed by atoms with E-state index in [1.54, 1.807) is 0 Å². The van der Waals surface area contributed by atoms with Crippen LogP contribution in [-0.2, 0) is 23.8 Å². The summed E-state index contributed by atoms with van der Waals surface area (Å²) in [7, 11) is -5.91. The van der Waals surface area contributed by atoms with Crippen LogP contribution in [0.1, 0.15) is 0 Å². The van der Waals surface area contributed by atoms with E-state index in [1.165, 1.54) is 0 Å². The summed E-state index contributed by atoms with van der Waals surface area (Å²) in [5.41, 5.74) is -5.63. The van der Waals surface area contributed by atoms with Gasteiger partial charge in [-0.2, -0.15) is 21.6 Å². The standard InChI is InChI=1S/C7H9F3O7S/c8-7(9,10)18(13,14)17-5-4(12)3(11)2-1-15-6(5)16-2/h2-6,11-12H,1H2/t2-,3+,4-,5+,6-/m0/s1. The van der Waals surface area contributed by atoms with Crippen LogP contribution in [0.2, 0.25) is 0 Å². The zero-order valence-corrected chi connectivity index (χ0v) is 9.39. The number of hydrogen-bond acceptors (Lipinski definition) is 7. The summed E-state index contributed by atoms with van der Waals surface area (Å²) in [6.45, 7) is -0.172. The van der Waals surface area contributed by atoms with Crippen molar-refractivity contribution in [2.45, 2.75) is 36.2 Å². The second kappa shape index (κ2) is 4.28. The SMILES string of the molecule is O=S(=O)(O[C@H]1[C@H]2OC[C@H](O2)[C@@H](O)[C@@H]1O)C(F)(F)F. The molecular weight excluding hydrogens is 285 g/mol. The minimum Gasteiger partial charge on any atom is -0.387 e. The molecule has 0 saturated carbocycles. The normalized spacial score (nSPS) is 41.1. The van der Waals surface area contributed by atoms with Crippen LogP contribution in [0.4, 0.5) is 13.2 Å². The molecule has 0 aromatic carbocycles. The van der Waals surface area contributed by atoms with E-state index < -0.39 is 46.3 Å². The number of alkyl halides is 3. The fourth-order valence-electron chi connectivity index (χ4n) is 1.67. The average Bonchev–Trinajstić information content (AvgIpc) is 2.66. The van der Waals surface area contributed by atoms with Gasteiger partial charge in [-0.25, -0.2) is 0 Å². The van der Waals surface area contributed by atoms with E-state index in [0.717, 1.165) is 0 Å². The lowest BCUT2D eigenvalue weighted by atomic mass is 10.0. The molecule has 2 aliphatic rings. The molecule has 2 bridgehead atoms. The first-order valence-electron chi connectivity index (χ1n) is 4.76. The van der Waals surface area contributed by atoms with Crippen LogP contribution in [0.3, 0.4) is 0 Å². The molecule has 2 rings (SSSR count). The molecule has 0 aromatic rings. The van der Waals surface area contributed by atoms with Crippen LogP contribution in [-0.4, -0.2) is 61.5 Å². The molecule has 0 amide bonds. The average molecular weight is 294 g/mol. The van der Waals surface area contributed by atoms with Crippen LogP contribution in [0.5, 0.6) is 0 Å². The first kappa shape index (κ1) is 14.0. The van der Waals surface area contributed by atoms with Crippen molar-refractivity contribution in [3.05, 3.63) is 0 Å². The highest BCUT2D eigenvalue weighted by atomic mass is 32.2. The second-order valence-electron chi connectivity index (χ2n) is 3.82. The Labute approximate surface area is 99.2 Å². The number of halogens is 3. The van der Waals surface area contributed by atoms with Gasteiger partial charge in [0, 0.05) is 0 Å². The van der Waals surface area contributed by atoms with E-state index in [0.29, 0.717) is 0 Å². The Morgan fingerprint density at radius 2 is 1.83 bits per heavy atom. The molecule has 0 aromatic heterocycles. The van der Waals surface area contributed by atoms with Crippen molar-refractivity contribution < 1.29 is 45.5 Å². The quantitative estimate of drug-likeness (QED) is 0.482. The Morgan fingerprint density at radius 3 is 2.39 bits per heavy atom. The summed E-state index contributed by atoms with van der Waals surface area (Å²) in [4.78, 5) is 0. The van der Waals surface area contributed by atoms with Gasteiger partial charge in [0.1, 0.15) is 18.3 Å². The molecule has 0 spiro atoms. The van der Waals surface area contributed by atoms with Crippen molar-refractivity contribution >= 4 is 10.1 Å². The zero-order valence-electron chi connectivity index (χ0n) is 8.57. The number of fused-ring (bicyclic) bond motifs is 2. The molecule has 2 fully saturated rings. The van der Waals surface area contributed by atoms with E-state index in [9.17, 15) is 31.8 Å². The molecule has 2 N–H and O–H groups in total. The van der Waals surface area contributed by atoms with Crippen molar-refractivity contribution in [1.29, 1.82) is 0 Å². The van der Waals surface area contributed by atoms with E-state index in [-0.39, 0.29) is 6.61 Å². The van der Waals surface area contributed by atoms with Crippen LogP contribution in [0.25, 0.3) is 0 Å². The molecule has 11 heteroatoms. The summed E-state index contributed by atoms with van der Waals surface area (Å²) in [6, 6.07) is 0. The molecule has 5 atom stereocenters. The van der Waals surface area contributed by atoms with Gasteiger partial charge in [-0.3, -0.25) is 4.18 Å². The third-order valence-corrected chi connectivity index (χ3v) is 3.63. The summed E-state index contributed by atoms with van der Waals surface area (Å²) in [5, 5.41) is 18.9. The van der Waals surface area contributed by atoms with Crippen molar-refractivity contribution in [3.8, 4) is 0 Å². The van der Waals surface area contributed by atoms with Gasteiger partial charge in [0.2, 0.25) is 0 Å². The monoisotopic (exact) mass is 294 g/mol. The van der Waals surface area contributed by atoms with Crippen LogP contribution >= 0.6 is 0 Å². The Kier molecular flexibility index (Phi) is 3.32. The van der Waals surface area contributed by atoms with Crippen molar-refractivity contribution in [2.24, 2.45) is 0 Å². The Balaban J connectivity index is 2.18. The van der Waals surface area contributed by atoms with Gasteiger partial charge < -0.3 is 19.7 Å². The second-order valence-corrected chi connectivity index (χ2v) is 5.38. The highest BCUT2D eigenvalue weighted by molar-refractivity contribution is 7.87. The lowest BCUT2D eigenvalue weighted by Gasteiger charge is -2.34. The lowest BCUT2D eigenvalue weighted by Crippen LogP contribution is -2.56. The first-order valence-corrected chi connectivity index (χ1v) is 6.17. The van der Waals surface area contributed by atoms with E-state index in [2.05, 4.69) is 4.18 Å². The lowest BCUT2D eigenvalue weighted by molar-refractivity contribution is -0.222.